The van der Waals surface area contributed by atoms with Crippen molar-refractivity contribution in [2.45, 2.75) is 50.8 Å². The Hall–Kier alpha value is -0.760. The van der Waals surface area contributed by atoms with Crippen LogP contribution in [-0.4, -0.2) is 7.11 Å². The molecule has 0 saturated carbocycles. The Labute approximate surface area is 114 Å². The van der Waals surface area contributed by atoms with E-state index in [0.29, 0.717) is 0 Å². The second-order valence-corrected chi connectivity index (χ2v) is 5.09. The number of hydrogen-bond donors (Lipinski definition) is 0. The van der Waals surface area contributed by atoms with E-state index in [1.165, 1.54) is 38.9 Å². The zero-order valence-electron chi connectivity index (χ0n) is 11.2. The van der Waals surface area contributed by atoms with Gasteiger partial charge in [-0.1, -0.05) is 45.1 Å². The van der Waals surface area contributed by atoms with Gasteiger partial charge in [0, 0.05) is 0 Å². The molecule has 0 aliphatic heterocycles. The third-order valence-corrected chi connectivity index (χ3v) is 3.57. The van der Waals surface area contributed by atoms with Crippen LogP contribution in [-0.2, 0) is 0 Å². The third kappa shape index (κ3) is 4.85. The van der Waals surface area contributed by atoms with Gasteiger partial charge in [-0.3, -0.25) is 0 Å². The molecule has 18 heavy (non-hydrogen) atoms. The van der Waals surface area contributed by atoms with E-state index in [1.54, 1.807) is 6.07 Å². The molecular weight excluding hydrogens is 251 g/mol. The van der Waals surface area contributed by atoms with Crippen LogP contribution < -0.4 is 4.74 Å². The Morgan fingerprint density at radius 1 is 1.22 bits per heavy atom. The van der Waals surface area contributed by atoms with Gasteiger partial charge in [0.1, 0.15) is 0 Å². The number of benzene rings is 1. The summed E-state index contributed by atoms with van der Waals surface area (Å²) in [6, 6.07) is 4.95. The van der Waals surface area contributed by atoms with Crippen LogP contribution in [0.25, 0.3) is 0 Å². The molecule has 1 rings (SSSR count). The SMILES string of the molecule is CCCCCCCC(Cl)c1ccc(OC)c(F)c1. The molecule has 0 saturated heterocycles. The van der Waals surface area contributed by atoms with Crippen molar-refractivity contribution in [3.63, 3.8) is 0 Å². The van der Waals surface area contributed by atoms with Crippen LogP contribution in [0.3, 0.4) is 0 Å². The number of alkyl halides is 1. The molecule has 0 heterocycles. The summed E-state index contributed by atoms with van der Waals surface area (Å²) < 4.78 is 18.4. The number of unbranched alkanes of at least 4 members (excludes halogenated alkanes) is 4. The van der Waals surface area contributed by atoms with Gasteiger partial charge in [0.15, 0.2) is 11.6 Å². The lowest BCUT2D eigenvalue weighted by molar-refractivity contribution is 0.386. The number of halogens is 2. The first-order chi connectivity index (χ1) is 8.69. The lowest BCUT2D eigenvalue weighted by atomic mass is 10.0. The molecule has 0 fully saturated rings. The highest BCUT2D eigenvalue weighted by molar-refractivity contribution is 6.20. The Kier molecular flexibility index (Phi) is 7.11. The summed E-state index contributed by atoms with van der Waals surface area (Å²) in [4.78, 5) is 0. The van der Waals surface area contributed by atoms with Gasteiger partial charge in [-0.25, -0.2) is 4.39 Å². The maximum absolute atomic E-state index is 13.5. The standard InChI is InChI=1S/C15H22ClFO/c1-3-4-5-6-7-8-13(16)12-9-10-15(18-2)14(17)11-12/h9-11,13H,3-8H2,1-2H3. The lowest BCUT2D eigenvalue weighted by Gasteiger charge is -2.11. The third-order valence-electron chi connectivity index (χ3n) is 3.10. The first kappa shape index (κ1) is 15.3. The van der Waals surface area contributed by atoms with Crippen LogP contribution >= 0.6 is 11.6 Å². The van der Waals surface area contributed by atoms with Crippen molar-refractivity contribution in [3.8, 4) is 5.75 Å². The summed E-state index contributed by atoms with van der Waals surface area (Å²) in [5.74, 6) is -0.0720. The van der Waals surface area contributed by atoms with Crippen molar-refractivity contribution in [2.24, 2.45) is 0 Å². The second kappa shape index (κ2) is 8.36. The van der Waals surface area contributed by atoms with E-state index in [4.69, 9.17) is 16.3 Å². The van der Waals surface area contributed by atoms with Crippen molar-refractivity contribution < 1.29 is 9.13 Å². The Balaban J connectivity index is 2.41. The van der Waals surface area contributed by atoms with Crippen LogP contribution in [0.4, 0.5) is 4.39 Å². The molecule has 0 radical (unpaired) electrons. The van der Waals surface area contributed by atoms with Crippen molar-refractivity contribution in [2.75, 3.05) is 7.11 Å². The fraction of sp³-hybridized carbons (Fsp3) is 0.600. The highest BCUT2D eigenvalue weighted by atomic mass is 35.5. The summed E-state index contributed by atoms with van der Waals surface area (Å²) in [6.45, 7) is 2.20. The van der Waals surface area contributed by atoms with Crippen LogP contribution in [0.15, 0.2) is 18.2 Å². The van der Waals surface area contributed by atoms with E-state index in [1.807, 2.05) is 6.07 Å². The van der Waals surface area contributed by atoms with E-state index in [9.17, 15) is 4.39 Å². The predicted molar refractivity (Wildman–Crippen MR) is 74.9 cm³/mol. The van der Waals surface area contributed by atoms with Crippen molar-refractivity contribution in [1.29, 1.82) is 0 Å². The van der Waals surface area contributed by atoms with E-state index in [-0.39, 0.29) is 16.9 Å². The van der Waals surface area contributed by atoms with Crippen molar-refractivity contribution in [3.05, 3.63) is 29.6 Å². The number of ether oxygens (including phenoxy) is 1. The lowest BCUT2D eigenvalue weighted by Crippen LogP contribution is -1.94. The maximum atomic E-state index is 13.5. The van der Waals surface area contributed by atoms with E-state index >= 15 is 0 Å². The molecule has 3 heteroatoms. The monoisotopic (exact) mass is 272 g/mol. The van der Waals surface area contributed by atoms with E-state index in [0.717, 1.165) is 18.4 Å². The van der Waals surface area contributed by atoms with Crippen LogP contribution in [0, 0.1) is 5.82 Å². The molecule has 1 unspecified atom stereocenters. The smallest absolute Gasteiger partial charge is 0.165 e. The number of rotatable bonds is 8. The fourth-order valence-corrected chi connectivity index (χ4v) is 2.26. The van der Waals surface area contributed by atoms with Crippen LogP contribution in [0.5, 0.6) is 5.75 Å². The maximum Gasteiger partial charge on any atom is 0.165 e. The zero-order chi connectivity index (χ0) is 13.4. The Bertz CT molecular complexity index is 354. The van der Waals surface area contributed by atoms with E-state index < -0.39 is 0 Å². The molecule has 1 nitrogen and oxygen atoms in total. The average molecular weight is 273 g/mol. The molecule has 1 atom stereocenters. The molecule has 1 aromatic carbocycles. The molecule has 102 valence electrons. The molecule has 0 aliphatic carbocycles. The second-order valence-electron chi connectivity index (χ2n) is 4.56. The highest BCUT2D eigenvalue weighted by Gasteiger charge is 2.11. The predicted octanol–water partition coefficient (Wildman–Crippen LogP) is 5.47. The molecule has 0 aromatic heterocycles. The van der Waals surface area contributed by atoms with Gasteiger partial charge >= 0.3 is 0 Å². The first-order valence-corrected chi connectivity index (χ1v) is 7.10. The molecule has 1 aromatic rings. The van der Waals surface area contributed by atoms with Gasteiger partial charge in [0.05, 0.1) is 12.5 Å². The molecule has 0 amide bonds. The molecule has 0 N–H and O–H groups in total. The van der Waals surface area contributed by atoms with Gasteiger partial charge in [-0.05, 0) is 24.1 Å². The van der Waals surface area contributed by atoms with Gasteiger partial charge in [0.2, 0.25) is 0 Å². The average Bonchev–Trinajstić information content (AvgIpc) is 2.38. The summed E-state index contributed by atoms with van der Waals surface area (Å²) in [6.07, 6.45) is 6.99. The van der Waals surface area contributed by atoms with Crippen LogP contribution in [0.1, 0.15) is 56.4 Å². The molecular formula is C15H22ClFO. The summed E-state index contributed by atoms with van der Waals surface area (Å²) >= 11 is 6.28. The number of hydrogen-bond acceptors (Lipinski definition) is 1. The van der Waals surface area contributed by atoms with Gasteiger partial charge in [0.25, 0.3) is 0 Å². The van der Waals surface area contributed by atoms with E-state index in [2.05, 4.69) is 6.92 Å². The zero-order valence-corrected chi connectivity index (χ0v) is 12.0. The molecule has 0 bridgehead atoms. The summed E-state index contributed by atoms with van der Waals surface area (Å²) in [5, 5.41) is -0.105. The normalized spacial score (nSPS) is 12.4. The Morgan fingerprint density at radius 3 is 2.56 bits per heavy atom. The molecule has 0 spiro atoms. The molecule has 0 aliphatic rings. The summed E-state index contributed by atoms with van der Waals surface area (Å²) in [5.41, 5.74) is 0.838. The Morgan fingerprint density at radius 2 is 1.94 bits per heavy atom. The van der Waals surface area contributed by atoms with Crippen molar-refractivity contribution in [1.82, 2.24) is 0 Å². The minimum atomic E-state index is -0.341. The quantitative estimate of drug-likeness (QED) is 0.450. The van der Waals surface area contributed by atoms with Gasteiger partial charge in [-0.15, -0.1) is 11.6 Å². The topological polar surface area (TPSA) is 9.23 Å². The highest BCUT2D eigenvalue weighted by Crippen LogP contribution is 2.29. The largest absolute Gasteiger partial charge is 0.494 e. The number of methoxy groups -OCH3 is 1. The van der Waals surface area contributed by atoms with Gasteiger partial charge in [-0.2, -0.15) is 0 Å². The van der Waals surface area contributed by atoms with Crippen molar-refractivity contribution >= 4 is 11.6 Å². The minimum absolute atomic E-state index is 0.105. The fourth-order valence-electron chi connectivity index (χ4n) is 1.97. The van der Waals surface area contributed by atoms with Gasteiger partial charge < -0.3 is 4.74 Å². The summed E-state index contributed by atoms with van der Waals surface area (Å²) in [7, 11) is 1.46. The first-order valence-electron chi connectivity index (χ1n) is 6.66. The van der Waals surface area contributed by atoms with Crippen LogP contribution in [0.2, 0.25) is 0 Å². The minimum Gasteiger partial charge on any atom is -0.494 e.